The van der Waals surface area contributed by atoms with E-state index in [-0.39, 0.29) is 24.8 Å². The molecule has 1 heterocycles. The third kappa shape index (κ3) is 4.55. The number of nitrogens with zero attached hydrogens (tertiary/aromatic N) is 2. The molecule has 0 N–H and O–H groups in total. The van der Waals surface area contributed by atoms with E-state index in [1.165, 1.54) is 12.0 Å². The summed E-state index contributed by atoms with van der Waals surface area (Å²) >= 11 is 0. The van der Waals surface area contributed by atoms with Crippen molar-refractivity contribution in [3.63, 3.8) is 0 Å². The van der Waals surface area contributed by atoms with E-state index in [1.807, 2.05) is 0 Å². The number of aromatic nitrogens is 1. The van der Waals surface area contributed by atoms with E-state index in [4.69, 9.17) is 9.47 Å². The molecule has 1 aromatic heterocycles. The molecule has 0 aliphatic heterocycles. The Kier molecular flexibility index (Phi) is 7.80. The lowest BCUT2D eigenvalue weighted by molar-refractivity contribution is 0.0513. The molecule has 0 spiro atoms. The van der Waals surface area contributed by atoms with Crippen LogP contribution in [-0.2, 0) is 11.8 Å². The van der Waals surface area contributed by atoms with Gasteiger partial charge in [-0.2, -0.15) is 0 Å². The van der Waals surface area contributed by atoms with E-state index < -0.39 is 12.0 Å². The molecular weight excluding hydrogens is 396 g/mol. The highest BCUT2D eigenvalue weighted by molar-refractivity contribution is 6.08. The molecule has 0 fully saturated rings. The molecule has 2 aromatic rings. The lowest BCUT2D eigenvalue weighted by atomic mass is 9.99. The van der Waals surface area contributed by atoms with Crippen molar-refractivity contribution in [2.24, 2.45) is 7.05 Å². The Bertz CT molecular complexity index is 1010. The third-order valence-corrected chi connectivity index (χ3v) is 5.42. The van der Waals surface area contributed by atoms with Gasteiger partial charge in [-0.25, -0.2) is 4.79 Å². The van der Waals surface area contributed by atoms with Gasteiger partial charge >= 0.3 is 5.97 Å². The number of carbonyl (C=O) groups is 3. The normalized spacial score (nSPS) is 11.5. The van der Waals surface area contributed by atoms with Crippen LogP contribution in [0, 0.1) is 13.8 Å². The first-order valence-electron chi connectivity index (χ1n) is 10.1. The molecule has 2 rings (SSSR count). The molecule has 166 valence electrons. The van der Waals surface area contributed by atoms with E-state index in [0.717, 1.165) is 0 Å². The van der Waals surface area contributed by atoms with Crippen molar-refractivity contribution in [1.82, 2.24) is 9.47 Å². The second-order valence-electron chi connectivity index (χ2n) is 7.20. The second-order valence-corrected chi connectivity index (χ2v) is 7.20. The van der Waals surface area contributed by atoms with E-state index >= 15 is 0 Å². The van der Waals surface area contributed by atoms with Crippen molar-refractivity contribution in [1.29, 1.82) is 0 Å². The number of hydrogen-bond acceptors (Lipinski definition) is 5. The van der Waals surface area contributed by atoms with Gasteiger partial charge in [-0.1, -0.05) is 18.2 Å². The zero-order valence-corrected chi connectivity index (χ0v) is 19.0. The minimum Gasteiger partial charge on any atom is -0.496 e. The van der Waals surface area contributed by atoms with Crippen molar-refractivity contribution >= 4 is 17.7 Å². The van der Waals surface area contributed by atoms with E-state index in [2.05, 4.69) is 6.58 Å². The molecule has 0 radical (unpaired) electrons. The zero-order valence-electron chi connectivity index (χ0n) is 19.0. The van der Waals surface area contributed by atoms with Crippen LogP contribution in [0.25, 0.3) is 0 Å². The van der Waals surface area contributed by atoms with Gasteiger partial charge in [0.25, 0.3) is 5.91 Å². The molecule has 0 unspecified atom stereocenters. The zero-order chi connectivity index (χ0) is 23.3. The fourth-order valence-electron chi connectivity index (χ4n) is 3.71. The Labute approximate surface area is 183 Å². The minimum atomic E-state index is -0.787. The predicted octanol–water partition coefficient (Wildman–Crippen LogP) is 3.73. The fraction of sp³-hybridized carbons (Fsp3) is 0.375. The highest BCUT2D eigenvalue weighted by Crippen LogP contribution is 2.26. The van der Waals surface area contributed by atoms with Crippen LogP contribution >= 0.6 is 0 Å². The van der Waals surface area contributed by atoms with Crippen molar-refractivity contribution in [2.75, 3.05) is 20.3 Å². The van der Waals surface area contributed by atoms with Crippen LogP contribution < -0.4 is 4.74 Å². The van der Waals surface area contributed by atoms with Gasteiger partial charge < -0.3 is 18.9 Å². The Morgan fingerprint density at radius 2 is 1.87 bits per heavy atom. The summed E-state index contributed by atoms with van der Waals surface area (Å²) in [6, 6.07) is 6.08. The number of ether oxygens (including phenoxy) is 2. The number of methoxy groups -OCH3 is 1. The van der Waals surface area contributed by atoms with Gasteiger partial charge in [-0.3, -0.25) is 9.59 Å². The SMILES string of the molecule is C=CCN(C(=O)c1ccccc1OC)[C@H](C)C(=O)c1c(C)c(C(=O)OCC)n(C)c1C. The molecule has 7 heteroatoms. The van der Waals surface area contributed by atoms with Crippen LogP contribution in [0.15, 0.2) is 36.9 Å². The molecule has 0 aliphatic rings. The molecule has 0 aliphatic carbocycles. The largest absolute Gasteiger partial charge is 0.496 e. The lowest BCUT2D eigenvalue weighted by Crippen LogP contribution is -2.43. The number of benzene rings is 1. The summed E-state index contributed by atoms with van der Waals surface area (Å²) in [4.78, 5) is 40.7. The summed E-state index contributed by atoms with van der Waals surface area (Å²) in [5.41, 5.74) is 2.29. The molecule has 0 saturated carbocycles. The average Bonchev–Trinajstić information content (AvgIpc) is 2.98. The highest BCUT2D eigenvalue weighted by Gasteiger charge is 2.33. The quantitative estimate of drug-likeness (QED) is 0.347. The molecule has 1 amide bonds. The predicted molar refractivity (Wildman–Crippen MR) is 119 cm³/mol. The van der Waals surface area contributed by atoms with Crippen LogP contribution in [0.2, 0.25) is 0 Å². The lowest BCUT2D eigenvalue weighted by Gasteiger charge is -2.28. The van der Waals surface area contributed by atoms with Crippen molar-refractivity contribution in [2.45, 2.75) is 33.7 Å². The number of Topliss-reactive ketones (excluding diaryl/α,β-unsaturated/α-hetero) is 1. The van der Waals surface area contributed by atoms with Gasteiger partial charge in [0.15, 0.2) is 5.78 Å². The van der Waals surface area contributed by atoms with Crippen LogP contribution in [0.5, 0.6) is 5.75 Å². The first-order chi connectivity index (χ1) is 14.7. The molecule has 0 saturated heterocycles. The van der Waals surface area contributed by atoms with Gasteiger partial charge in [0.1, 0.15) is 11.4 Å². The summed E-state index contributed by atoms with van der Waals surface area (Å²) in [5, 5.41) is 0. The maximum atomic E-state index is 13.5. The van der Waals surface area contributed by atoms with Gasteiger partial charge in [0, 0.05) is 24.8 Å². The number of esters is 1. The van der Waals surface area contributed by atoms with Crippen molar-refractivity contribution < 1.29 is 23.9 Å². The number of amides is 1. The summed E-state index contributed by atoms with van der Waals surface area (Å²) < 4.78 is 12.1. The molecular formula is C24H30N2O5. The highest BCUT2D eigenvalue weighted by atomic mass is 16.5. The first kappa shape index (κ1) is 23.9. The summed E-state index contributed by atoms with van der Waals surface area (Å²) in [7, 11) is 3.21. The van der Waals surface area contributed by atoms with Gasteiger partial charge in [0.2, 0.25) is 0 Å². The van der Waals surface area contributed by atoms with E-state index in [9.17, 15) is 14.4 Å². The number of ketones is 1. The van der Waals surface area contributed by atoms with E-state index in [0.29, 0.717) is 33.8 Å². The number of hydrogen-bond donors (Lipinski definition) is 0. The van der Waals surface area contributed by atoms with Crippen LogP contribution in [0.1, 0.15) is 56.3 Å². The Morgan fingerprint density at radius 1 is 1.23 bits per heavy atom. The van der Waals surface area contributed by atoms with Crippen LogP contribution in [0.4, 0.5) is 0 Å². The maximum absolute atomic E-state index is 13.5. The topological polar surface area (TPSA) is 77.8 Å². The van der Waals surface area contributed by atoms with Crippen LogP contribution in [-0.4, -0.2) is 53.4 Å². The molecule has 31 heavy (non-hydrogen) atoms. The monoisotopic (exact) mass is 426 g/mol. The maximum Gasteiger partial charge on any atom is 0.355 e. The average molecular weight is 427 g/mol. The van der Waals surface area contributed by atoms with Crippen molar-refractivity contribution in [3.05, 3.63) is 65.0 Å². The summed E-state index contributed by atoms with van der Waals surface area (Å²) in [5.74, 6) is -0.649. The van der Waals surface area contributed by atoms with Crippen molar-refractivity contribution in [3.8, 4) is 5.75 Å². The molecule has 7 nitrogen and oxygen atoms in total. The number of carbonyl (C=O) groups excluding carboxylic acids is 3. The van der Waals surface area contributed by atoms with Crippen LogP contribution in [0.3, 0.4) is 0 Å². The number of rotatable bonds is 9. The first-order valence-corrected chi connectivity index (χ1v) is 10.1. The standard InChI is InChI=1S/C24H30N2O5/c1-8-14-26(23(28)18-12-10-11-13-19(18)30-7)17(5)22(27)20-15(3)21(24(29)31-9-2)25(6)16(20)4/h8,10-13,17H,1,9,14H2,2-7H3/t17-/m1/s1. The Balaban J connectivity index is 2.48. The molecule has 1 aromatic carbocycles. The smallest absolute Gasteiger partial charge is 0.355 e. The van der Waals surface area contributed by atoms with Gasteiger partial charge in [0.05, 0.1) is 25.3 Å². The minimum absolute atomic E-state index is 0.180. The second kappa shape index (κ2) is 10.1. The third-order valence-electron chi connectivity index (χ3n) is 5.42. The van der Waals surface area contributed by atoms with Gasteiger partial charge in [-0.05, 0) is 45.4 Å². The Morgan fingerprint density at radius 3 is 2.45 bits per heavy atom. The molecule has 1 atom stereocenters. The van der Waals surface area contributed by atoms with Gasteiger partial charge in [-0.15, -0.1) is 6.58 Å². The summed E-state index contributed by atoms with van der Waals surface area (Å²) in [6.45, 7) is 11.0. The number of para-hydroxylation sites is 1. The molecule has 0 bridgehead atoms. The Hall–Kier alpha value is -3.35. The summed E-state index contributed by atoms with van der Waals surface area (Å²) in [6.07, 6.45) is 1.58. The van der Waals surface area contributed by atoms with E-state index in [1.54, 1.807) is 69.7 Å². The fourth-order valence-corrected chi connectivity index (χ4v) is 3.71.